The third-order valence-corrected chi connectivity index (χ3v) is 6.25. The number of thiocarbonyl (C=S) groups is 1. The first-order valence-corrected chi connectivity index (χ1v) is 9.14. The standard InChI is InChI=1S/C15H18N2O2S2/c1-3-8-16-13-9-21(18,19)10-14(13)17(15(16)20)12-6-4-11(2)5-7-12/h3-7,13-14H,1,8-10H2,2H3/t13-,14-/m1/s1. The largest absolute Gasteiger partial charge is 0.339 e. The highest BCUT2D eigenvalue weighted by Crippen LogP contribution is 2.35. The van der Waals surface area contributed by atoms with Gasteiger partial charge in [0.1, 0.15) is 0 Å². The third-order valence-electron chi connectivity index (χ3n) is 4.12. The van der Waals surface area contributed by atoms with Gasteiger partial charge in [-0.05, 0) is 31.3 Å². The van der Waals surface area contributed by atoms with Crippen LogP contribution >= 0.6 is 12.2 Å². The van der Waals surface area contributed by atoms with Crippen molar-refractivity contribution in [1.82, 2.24) is 4.90 Å². The Morgan fingerprint density at radius 3 is 2.52 bits per heavy atom. The summed E-state index contributed by atoms with van der Waals surface area (Å²) in [5.41, 5.74) is 2.13. The molecule has 0 saturated carbocycles. The minimum Gasteiger partial charge on any atom is -0.339 e. The highest BCUT2D eigenvalue weighted by atomic mass is 32.2. The van der Waals surface area contributed by atoms with Gasteiger partial charge < -0.3 is 9.80 Å². The van der Waals surface area contributed by atoms with Crippen LogP contribution in [-0.4, -0.2) is 48.6 Å². The fourth-order valence-corrected chi connectivity index (χ4v) is 5.54. The Balaban J connectivity index is 2.01. The van der Waals surface area contributed by atoms with E-state index in [1.54, 1.807) is 6.08 Å². The Kier molecular flexibility index (Phi) is 3.53. The molecular formula is C15H18N2O2S2. The molecule has 2 heterocycles. The second-order valence-electron chi connectivity index (χ2n) is 5.64. The van der Waals surface area contributed by atoms with Gasteiger partial charge in [0.15, 0.2) is 14.9 Å². The monoisotopic (exact) mass is 322 g/mol. The van der Waals surface area contributed by atoms with Crippen LogP contribution in [0.15, 0.2) is 36.9 Å². The van der Waals surface area contributed by atoms with Gasteiger partial charge in [-0.25, -0.2) is 8.42 Å². The summed E-state index contributed by atoms with van der Waals surface area (Å²) in [5, 5.41) is 0.698. The Bertz CT molecular complexity index is 682. The van der Waals surface area contributed by atoms with Crippen LogP contribution in [0, 0.1) is 6.92 Å². The zero-order valence-corrected chi connectivity index (χ0v) is 13.5. The van der Waals surface area contributed by atoms with Crippen LogP contribution < -0.4 is 4.90 Å². The van der Waals surface area contributed by atoms with Gasteiger partial charge in [-0.2, -0.15) is 0 Å². The zero-order valence-electron chi connectivity index (χ0n) is 11.9. The van der Waals surface area contributed by atoms with Crippen LogP contribution in [0.5, 0.6) is 0 Å². The van der Waals surface area contributed by atoms with Crippen molar-refractivity contribution in [2.45, 2.75) is 19.0 Å². The lowest BCUT2D eigenvalue weighted by Gasteiger charge is -2.25. The Labute approximate surface area is 131 Å². The second-order valence-corrected chi connectivity index (χ2v) is 8.16. The van der Waals surface area contributed by atoms with Crippen molar-refractivity contribution < 1.29 is 8.42 Å². The third kappa shape index (κ3) is 2.46. The smallest absolute Gasteiger partial charge is 0.177 e. The molecule has 4 nitrogen and oxygen atoms in total. The number of anilines is 1. The SMILES string of the molecule is C=CCN1C(=S)N(c2ccc(C)cc2)[C@@H]2CS(=O)(=O)C[C@H]21. The number of fused-ring (bicyclic) bond motifs is 1. The predicted molar refractivity (Wildman–Crippen MR) is 89.4 cm³/mol. The number of aryl methyl sites for hydroxylation is 1. The van der Waals surface area contributed by atoms with Crippen molar-refractivity contribution in [3.05, 3.63) is 42.5 Å². The van der Waals surface area contributed by atoms with Gasteiger partial charge in [0, 0.05) is 12.2 Å². The summed E-state index contributed by atoms with van der Waals surface area (Å²) in [6, 6.07) is 7.88. The molecule has 3 rings (SSSR count). The first-order chi connectivity index (χ1) is 9.93. The average molecular weight is 322 g/mol. The van der Waals surface area contributed by atoms with E-state index in [4.69, 9.17) is 12.2 Å². The fraction of sp³-hybridized carbons (Fsp3) is 0.400. The maximum Gasteiger partial charge on any atom is 0.177 e. The molecule has 1 aromatic rings. The molecule has 1 aromatic carbocycles. The molecule has 0 N–H and O–H groups in total. The molecule has 0 aromatic heterocycles. The Morgan fingerprint density at radius 2 is 1.90 bits per heavy atom. The van der Waals surface area contributed by atoms with E-state index in [1.165, 1.54) is 5.56 Å². The number of benzene rings is 1. The Hall–Kier alpha value is -1.40. The van der Waals surface area contributed by atoms with E-state index in [-0.39, 0.29) is 23.6 Å². The highest BCUT2D eigenvalue weighted by Gasteiger charge is 2.51. The van der Waals surface area contributed by atoms with Crippen molar-refractivity contribution in [2.75, 3.05) is 23.0 Å². The molecule has 0 amide bonds. The highest BCUT2D eigenvalue weighted by molar-refractivity contribution is 7.91. The van der Waals surface area contributed by atoms with E-state index in [0.29, 0.717) is 11.7 Å². The summed E-state index contributed by atoms with van der Waals surface area (Å²) >= 11 is 5.58. The van der Waals surface area contributed by atoms with Gasteiger partial charge in [0.2, 0.25) is 0 Å². The summed E-state index contributed by atoms with van der Waals surface area (Å²) in [6.45, 7) is 6.36. The first-order valence-electron chi connectivity index (χ1n) is 6.91. The Morgan fingerprint density at radius 1 is 1.29 bits per heavy atom. The van der Waals surface area contributed by atoms with E-state index in [1.807, 2.05) is 41.0 Å². The molecule has 2 atom stereocenters. The maximum absolute atomic E-state index is 12.0. The number of nitrogens with zero attached hydrogens (tertiary/aromatic N) is 2. The number of sulfone groups is 1. The van der Waals surface area contributed by atoms with Gasteiger partial charge >= 0.3 is 0 Å². The lowest BCUT2D eigenvalue weighted by Crippen LogP contribution is -2.37. The molecule has 112 valence electrons. The lowest BCUT2D eigenvalue weighted by molar-refractivity contribution is 0.389. The second kappa shape index (κ2) is 5.10. The van der Waals surface area contributed by atoms with Crippen LogP contribution in [0.25, 0.3) is 0 Å². The van der Waals surface area contributed by atoms with E-state index < -0.39 is 9.84 Å². The predicted octanol–water partition coefficient (Wildman–Crippen LogP) is 1.75. The lowest BCUT2D eigenvalue weighted by atomic mass is 10.1. The molecule has 6 heteroatoms. The molecule has 2 aliphatic heterocycles. The summed E-state index contributed by atoms with van der Waals surface area (Å²) in [6.07, 6.45) is 1.77. The van der Waals surface area contributed by atoms with Crippen LogP contribution in [0.3, 0.4) is 0 Å². The van der Waals surface area contributed by atoms with Gasteiger partial charge in [0.05, 0.1) is 23.6 Å². The minimum atomic E-state index is -3.01. The molecule has 0 aliphatic carbocycles. The van der Waals surface area contributed by atoms with Gasteiger partial charge in [-0.1, -0.05) is 23.8 Å². The van der Waals surface area contributed by atoms with Gasteiger partial charge in [0.25, 0.3) is 0 Å². The normalized spacial score (nSPS) is 27.0. The molecule has 0 unspecified atom stereocenters. The summed E-state index contributed by atoms with van der Waals surface area (Å²) in [5.74, 6) is 0.341. The number of hydrogen-bond acceptors (Lipinski definition) is 3. The summed E-state index contributed by atoms with van der Waals surface area (Å²) < 4.78 is 24.0. The molecule has 21 heavy (non-hydrogen) atoms. The molecule has 2 fully saturated rings. The van der Waals surface area contributed by atoms with Crippen LogP contribution in [0.4, 0.5) is 5.69 Å². The van der Waals surface area contributed by atoms with Gasteiger partial charge in [-0.3, -0.25) is 0 Å². The van der Waals surface area contributed by atoms with E-state index in [0.717, 1.165) is 5.69 Å². The molecule has 0 bridgehead atoms. The molecule has 0 radical (unpaired) electrons. The van der Waals surface area contributed by atoms with E-state index in [2.05, 4.69) is 6.58 Å². The summed E-state index contributed by atoms with van der Waals surface area (Å²) in [7, 11) is -3.01. The van der Waals surface area contributed by atoms with Crippen molar-refractivity contribution >= 4 is 32.9 Å². The number of hydrogen-bond donors (Lipinski definition) is 0. The van der Waals surface area contributed by atoms with Crippen molar-refractivity contribution in [3.8, 4) is 0 Å². The summed E-state index contributed by atoms with van der Waals surface area (Å²) in [4.78, 5) is 3.98. The van der Waals surface area contributed by atoms with Gasteiger partial charge in [-0.15, -0.1) is 6.58 Å². The molecule has 2 saturated heterocycles. The molecule has 0 spiro atoms. The molecule has 2 aliphatic rings. The van der Waals surface area contributed by atoms with Crippen LogP contribution in [0.1, 0.15) is 5.56 Å². The topological polar surface area (TPSA) is 40.6 Å². The quantitative estimate of drug-likeness (QED) is 0.626. The minimum absolute atomic E-state index is 0.0678. The first kappa shape index (κ1) is 14.5. The van der Waals surface area contributed by atoms with Crippen LogP contribution in [0.2, 0.25) is 0 Å². The van der Waals surface area contributed by atoms with Crippen molar-refractivity contribution in [1.29, 1.82) is 0 Å². The van der Waals surface area contributed by atoms with E-state index in [9.17, 15) is 8.42 Å². The van der Waals surface area contributed by atoms with Crippen molar-refractivity contribution in [3.63, 3.8) is 0 Å². The maximum atomic E-state index is 12.0. The van der Waals surface area contributed by atoms with E-state index >= 15 is 0 Å². The fourth-order valence-electron chi connectivity index (χ4n) is 3.14. The molecular weight excluding hydrogens is 304 g/mol. The van der Waals surface area contributed by atoms with Crippen molar-refractivity contribution in [2.24, 2.45) is 0 Å². The van der Waals surface area contributed by atoms with Crippen LogP contribution in [-0.2, 0) is 9.84 Å². The zero-order chi connectivity index (χ0) is 15.2. The number of rotatable bonds is 3. The average Bonchev–Trinajstić information content (AvgIpc) is 2.84.